The summed E-state index contributed by atoms with van der Waals surface area (Å²) < 4.78 is 7.47. The molecule has 0 saturated carbocycles. The van der Waals surface area contributed by atoms with Gasteiger partial charge in [0.05, 0.1) is 25.3 Å². The third-order valence-corrected chi connectivity index (χ3v) is 3.75. The first kappa shape index (κ1) is 13.5. The first-order valence-corrected chi connectivity index (χ1v) is 6.91. The summed E-state index contributed by atoms with van der Waals surface area (Å²) in [5.41, 5.74) is 2.71. The zero-order chi connectivity index (χ0) is 14.8. The Labute approximate surface area is 127 Å². The lowest BCUT2D eigenvalue weighted by molar-refractivity contribution is 0.408. The van der Waals surface area contributed by atoms with Crippen LogP contribution in [-0.4, -0.2) is 11.7 Å². The van der Waals surface area contributed by atoms with Crippen LogP contribution in [0.15, 0.2) is 48.7 Å². The second-order valence-electron chi connectivity index (χ2n) is 4.75. The van der Waals surface area contributed by atoms with E-state index in [-0.39, 0.29) is 0 Å². The van der Waals surface area contributed by atoms with Gasteiger partial charge in [-0.25, -0.2) is 0 Å². The lowest BCUT2D eigenvalue weighted by atomic mass is 10.1. The Balaban J connectivity index is 2.07. The second kappa shape index (κ2) is 5.51. The van der Waals surface area contributed by atoms with Crippen molar-refractivity contribution in [2.75, 3.05) is 7.11 Å². The molecule has 104 valence electrons. The Morgan fingerprint density at radius 1 is 1.24 bits per heavy atom. The van der Waals surface area contributed by atoms with Crippen LogP contribution in [0.1, 0.15) is 11.1 Å². The molecular weight excluding hydrogens is 284 g/mol. The van der Waals surface area contributed by atoms with E-state index >= 15 is 0 Å². The molecule has 3 rings (SSSR count). The van der Waals surface area contributed by atoms with E-state index in [2.05, 4.69) is 10.6 Å². The summed E-state index contributed by atoms with van der Waals surface area (Å²) in [6.45, 7) is 0.641. The molecule has 0 amide bonds. The van der Waals surface area contributed by atoms with E-state index in [1.165, 1.54) is 0 Å². The van der Waals surface area contributed by atoms with Crippen molar-refractivity contribution in [3.63, 3.8) is 0 Å². The molecule has 0 N–H and O–H groups in total. The van der Waals surface area contributed by atoms with E-state index in [1.807, 2.05) is 48.7 Å². The zero-order valence-corrected chi connectivity index (χ0v) is 12.3. The van der Waals surface area contributed by atoms with Crippen molar-refractivity contribution in [3.8, 4) is 11.8 Å². The maximum absolute atomic E-state index is 9.16. The van der Waals surface area contributed by atoms with Gasteiger partial charge in [-0.05, 0) is 36.4 Å². The molecule has 0 radical (unpaired) electrons. The van der Waals surface area contributed by atoms with Crippen LogP contribution in [0.3, 0.4) is 0 Å². The molecule has 0 aliphatic carbocycles. The number of hydrogen-bond acceptors (Lipinski definition) is 2. The number of halogens is 1. The number of nitriles is 1. The van der Waals surface area contributed by atoms with Gasteiger partial charge in [0.1, 0.15) is 5.75 Å². The molecular formula is C17H13ClN2O. The van der Waals surface area contributed by atoms with Gasteiger partial charge in [0.15, 0.2) is 0 Å². The Bertz CT molecular complexity index is 846. The molecule has 3 aromatic rings. The lowest BCUT2D eigenvalue weighted by Crippen LogP contribution is -2.00. The normalized spacial score (nSPS) is 10.5. The molecule has 3 nitrogen and oxygen atoms in total. The summed E-state index contributed by atoms with van der Waals surface area (Å²) in [4.78, 5) is 0. The average molecular weight is 297 g/mol. The summed E-state index contributed by atoms with van der Waals surface area (Å²) in [6.07, 6.45) is 1.98. The van der Waals surface area contributed by atoms with Crippen molar-refractivity contribution in [2.45, 2.75) is 6.54 Å². The third-order valence-electron chi connectivity index (χ3n) is 3.52. The van der Waals surface area contributed by atoms with Gasteiger partial charge in [-0.2, -0.15) is 5.26 Å². The van der Waals surface area contributed by atoms with E-state index in [1.54, 1.807) is 7.11 Å². The highest BCUT2D eigenvalue weighted by Crippen LogP contribution is 2.26. The smallest absolute Gasteiger partial charge is 0.123 e. The van der Waals surface area contributed by atoms with E-state index in [0.29, 0.717) is 17.1 Å². The minimum absolute atomic E-state index is 0.641. The summed E-state index contributed by atoms with van der Waals surface area (Å²) >= 11 is 6.07. The monoisotopic (exact) mass is 296 g/mol. The maximum atomic E-state index is 9.16. The summed E-state index contributed by atoms with van der Waals surface area (Å²) in [5.74, 6) is 0.803. The van der Waals surface area contributed by atoms with Crippen molar-refractivity contribution >= 4 is 22.5 Å². The molecule has 0 atom stereocenters. The van der Waals surface area contributed by atoms with Gasteiger partial charge in [0.25, 0.3) is 0 Å². The fraction of sp³-hybridized carbons (Fsp3) is 0.118. The number of fused-ring (bicyclic) bond motifs is 1. The highest BCUT2D eigenvalue weighted by atomic mass is 35.5. The van der Waals surface area contributed by atoms with Crippen LogP contribution in [0.25, 0.3) is 10.9 Å². The fourth-order valence-corrected chi connectivity index (χ4v) is 2.71. The maximum Gasteiger partial charge on any atom is 0.123 e. The lowest BCUT2D eigenvalue weighted by Gasteiger charge is -2.11. The number of nitrogens with zero attached hydrogens (tertiary/aromatic N) is 2. The van der Waals surface area contributed by atoms with Gasteiger partial charge in [-0.3, -0.25) is 0 Å². The largest absolute Gasteiger partial charge is 0.496 e. The Morgan fingerprint density at radius 2 is 2.10 bits per heavy atom. The van der Waals surface area contributed by atoms with E-state index in [4.69, 9.17) is 21.6 Å². The van der Waals surface area contributed by atoms with Crippen LogP contribution in [0.4, 0.5) is 0 Å². The number of aromatic nitrogens is 1. The number of methoxy groups -OCH3 is 1. The third kappa shape index (κ3) is 2.46. The van der Waals surface area contributed by atoms with Crippen molar-refractivity contribution in [2.24, 2.45) is 0 Å². The SMILES string of the molecule is COc1ccc(Cl)cc1Cn1ccc2c(C#N)cccc21. The quantitative estimate of drug-likeness (QED) is 0.725. The Morgan fingerprint density at radius 3 is 2.86 bits per heavy atom. The van der Waals surface area contributed by atoms with Crippen LogP contribution in [0, 0.1) is 11.3 Å². The molecule has 0 unspecified atom stereocenters. The predicted octanol–water partition coefficient (Wildman–Crippen LogP) is 4.22. The van der Waals surface area contributed by atoms with Crippen LogP contribution >= 0.6 is 11.6 Å². The molecule has 0 aliphatic rings. The standard InChI is InChI=1S/C17H13ClN2O/c1-21-17-6-5-14(18)9-13(17)11-20-8-7-15-12(10-19)3-2-4-16(15)20/h2-9H,11H2,1H3. The molecule has 0 saturated heterocycles. The molecule has 1 heterocycles. The Kier molecular flexibility index (Phi) is 3.55. The van der Waals surface area contributed by atoms with Gasteiger partial charge >= 0.3 is 0 Å². The number of benzene rings is 2. The average Bonchev–Trinajstić information content (AvgIpc) is 2.91. The van der Waals surface area contributed by atoms with Crippen molar-refractivity contribution in [1.82, 2.24) is 4.57 Å². The van der Waals surface area contributed by atoms with Crippen molar-refractivity contribution in [1.29, 1.82) is 5.26 Å². The zero-order valence-electron chi connectivity index (χ0n) is 11.5. The van der Waals surface area contributed by atoms with E-state index in [9.17, 15) is 0 Å². The summed E-state index contributed by atoms with van der Waals surface area (Å²) in [7, 11) is 1.65. The van der Waals surface area contributed by atoms with Crippen molar-refractivity contribution in [3.05, 3.63) is 64.8 Å². The molecule has 0 bridgehead atoms. The van der Waals surface area contributed by atoms with Crippen LogP contribution < -0.4 is 4.74 Å². The molecule has 0 spiro atoms. The topological polar surface area (TPSA) is 38.0 Å². The summed E-state index contributed by atoms with van der Waals surface area (Å²) in [5, 5.41) is 10.8. The van der Waals surface area contributed by atoms with Gasteiger partial charge in [-0.15, -0.1) is 0 Å². The first-order valence-electron chi connectivity index (χ1n) is 6.53. The molecule has 1 aromatic heterocycles. The first-order chi connectivity index (χ1) is 10.2. The molecule has 2 aromatic carbocycles. The van der Waals surface area contributed by atoms with Crippen LogP contribution in [0.2, 0.25) is 5.02 Å². The molecule has 0 fully saturated rings. The van der Waals surface area contributed by atoms with Gasteiger partial charge in [-0.1, -0.05) is 17.7 Å². The number of ether oxygens (including phenoxy) is 1. The molecule has 4 heteroatoms. The van der Waals surface area contributed by atoms with Crippen LogP contribution in [-0.2, 0) is 6.54 Å². The van der Waals surface area contributed by atoms with Crippen LogP contribution in [0.5, 0.6) is 5.75 Å². The molecule has 0 aliphatic heterocycles. The predicted molar refractivity (Wildman–Crippen MR) is 83.8 cm³/mol. The number of hydrogen-bond donors (Lipinski definition) is 0. The molecule has 21 heavy (non-hydrogen) atoms. The van der Waals surface area contributed by atoms with E-state index < -0.39 is 0 Å². The fourth-order valence-electron chi connectivity index (χ4n) is 2.51. The van der Waals surface area contributed by atoms with Gasteiger partial charge in [0.2, 0.25) is 0 Å². The second-order valence-corrected chi connectivity index (χ2v) is 5.19. The highest BCUT2D eigenvalue weighted by Gasteiger charge is 2.09. The highest BCUT2D eigenvalue weighted by molar-refractivity contribution is 6.30. The van der Waals surface area contributed by atoms with Crippen molar-refractivity contribution < 1.29 is 4.74 Å². The van der Waals surface area contributed by atoms with Gasteiger partial charge < -0.3 is 9.30 Å². The van der Waals surface area contributed by atoms with Gasteiger partial charge in [0, 0.05) is 27.7 Å². The number of rotatable bonds is 3. The summed E-state index contributed by atoms with van der Waals surface area (Å²) in [6, 6.07) is 15.5. The minimum atomic E-state index is 0.641. The Hall–Kier alpha value is -2.44. The minimum Gasteiger partial charge on any atom is -0.496 e. The van der Waals surface area contributed by atoms with E-state index in [0.717, 1.165) is 22.2 Å².